The second-order valence-corrected chi connectivity index (χ2v) is 7.22. The van der Waals surface area contributed by atoms with Crippen molar-refractivity contribution in [1.29, 1.82) is 0 Å². The van der Waals surface area contributed by atoms with Gasteiger partial charge in [0.1, 0.15) is 5.60 Å². The minimum absolute atomic E-state index is 0.135. The van der Waals surface area contributed by atoms with E-state index in [0.717, 1.165) is 24.8 Å². The van der Waals surface area contributed by atoms with Crippen molar-refractivity contribution < 1.29 is 19.0 Å². The molecule has 0 bridgehead atoms. The van der Waals surface area contributed by atoms with E-state index < -0.39 is 11.7 Å². The molecule has 2 rings (SSSR count). The van der Waals surface area contributed by atoms with Gasteiger partial charge in [-0.3, -0.25) is 5.32 Å². The molecule has 0 radical (unpaired) electrons. The number of nitrogens with one attached hydrogen (secondary N) is 1. The lowest BCUT2D eigenvalue weighted by molar-refractivity contribution is 0.0635. The molecule has 6 heteroatoms. The fourth-order valence-electron chi connectivity index (χ4n) is 3.02. The first-order valence-electron chi connectivity index (χ1n) is 8.21. The number of hydrogen-bond acceptors (Lipinski definition) is 5. The molecule has 0 saturated heterocycles. The highest BCUT2D eigenvalue weighted by molar-refractivity contribution is 5.87. The van der Waals surface area contributed by atoms with Crippen LogP contribution in [0.1, 0.15) is 45.6 Å². The van der Waals surface area contributed by atoms with Gasteiger partial charge in [0.15, 0.2) is 11.5 Å². The number of ether oxygens (including phenoxy) is 3. The summed E-state index contributed by atoms with van der Waals surface area (Å²) in [5, 5.41) is 2.85. The van der Waals surface area contributed by atoms with Gasteiger partial charge in [0.25, 0.3) is 0 Å². The van der Waals surface area contributed by atoms with Gasteiger partial charge in [-0.2, -0.15) is 0 Å². The Kier molecular flexibility index (Phi) is 5.28. The van der Waals surface area contributed by atoms with Crippen LogP contribution in [0.4, 0.5) is 10.5 Å². The van der Waals surface area contributed by atoms with E-state index in [2.05, 4.69) is 5.32 Å². The molecule has 1 aliphatic carbocycles. The predicted octanol–water partition coefficient (Wildman–Crippen LogP) is 3.43. The molecule has 1 aromatic carbocycles. The van der Waals surface area contributed by atoms with Gasteiger partial charge in [-0.15, -0.1) is 0 Å². The summed E-state index contributed by atoms with van der Waals surface area (Å²) in [6.07, 6.45) is 2.60. The van der Waals surface area contributed by atoms with E-state index >= 15 is 0 Å². The maximum absolute atomic E-state index is 12.2. The third kappa shape index (κ3) is 3.75. The second-order valence-electron chi connectivity index (χ2n) is 7.22. The normalized spacial score (nSPS) is 16.1. The standard InChI is InChI=1S/C18H28N2O4/c1-17(2,3)24-16(21)20-13-10-15(23-5)14(22-4)9-12(13)18(11-19)7-6-8-18/h9-10H,6-8,11,19H2,1-5H3,(H,20,21). The molecule has 0 atom stereocenters. The first kappa shape index (κ1) is 18.4. The molecular weight excluding hydrogens is 308 g/mol. The van der Waals surface area contributed by atoms with E-state index in [1.165, 1.54) is 0 Å². The predicted molar refractivity (Wildman–Crippen MR) is 94.0 cm³/mol. The maximum atomic E-state index is 12.2. The van der Waals surface area contributed by atoms with E-state index in [1.807, 2.05) is 26.8 Å². The van der Waals surface area contributed by atoms with Crippen LogP contribution in [0.25, 0.3) is 0 Å². The molecule has 1 saturated carbocycles. The zero-order valence-electron chi connectivity index (χ0n) is 15.2. The van der Waals surface area contributed by atoms with Crippen molar-refractivity contribution in [1.82, 2.24) is 0 Å². The molecule has 0 aromatic heterocycles. The van der Waals surface area contributed by atoms with Crippen molar-refractivity contribution in [3.05, 3.63) is 17.7 Å². The SMILES string of the molecule is COc1cc(NC(=O)OC(C)(C)C)c(C2(CN)CCC2)cc1OC. The van der Waals surface area contributed by atoms with Gasteiger partial charge in [0.2, 0.25) is 0 Å². The highest BCUT2D eigenvalue weighted by Gasteiger charge is 2.40. The van der Waals surface area contributed by atoms with Crippen molar-refractivity contribution in [3.8, 4) is 11.5 Å². The molecule has 0 unspecified atom stereocenters. The number of carbonyl (C=O) groups is 1. The Morgan fingerprint density at radius 2 is 1.79 bits per heavy atom. The summed E-state index contributed by atoms with van der Waals surface area (Å²) in [7, 11) is 3.16. The molecule has 6 nitrogen and oxygen atoms in total. The number of rotatable bonds is 5. The average molecular weight is 336 g/mol. The molecule has 1 amide bonds. The summed E-state index contributed by atoms with van der Waals surface area (Å²) >= 11 is 0. The molecule has 1 aromatic rings. The fourth-order valence-corrected chi connectivity index (χ4v) is 3.02. The molecular formula is C18H28N2O4. The molecule has 0 spiro atoms. The number of carbonyl (C=O) groups excluding carboxylic acids is 1. The minimum atomic E-state index is -0.567. The number of nitrogens with two attached hydrogens (primary N) is 1. The summed E-state index contributed by atoms with van der Waals surface area (Å²) in [6.45, 7) is 6.01. The van der Waals surface area contributed by atoms with Crippen LogP contribution in [0.3, 0.4) is 0 Å². The summed E-state index contributed by atoms with van der Waals surface area (Å²) in [5.41, 5.74) is 6.98. The van der Waals surface area contributed by atoms with Crippen LogP contribution < -0.4 is 20.5 Å². The first-order chi connectivity index (χ1) is 11.2. The van der Waals surface area contributed by atoms with E-state index in [4.69, 9.17) is 19.9 Å². The summed E-state index contributed by atoms with van der Waals surface area (Å²) < 4.78 is 16.2. The number of methoxy groups -OCH3 is 2. The van der Waals surface area contributed by atoms with Crippen LogP contribution in [0.5, 0.6) is 11.5 Å². The molecule has 24 heavy (non-hydrogen) atoms. The summed E-state index contributed by atoms with van der Waals surface area (Å²) in [5.74, 6) is 1.18. The quantitative estimate of drug-likeness (QED) is 0.861. The molecule has 1 fully saturated rings. The molecule has 0 heterocycles. The Morgan fingerprint density at radius 3 is 2.21 bits per heavy atom. The Morgan fingerprint density at radius 1 is 1.21 bits per heavy atom. The summed E-state index contributed by atoms with van der Waals surface area (Å²) in [4.78, 5) is 12.2. The Hall–Kier alpha value is -1.95. The summed E-state index contributed by atoms with van der Waals surface area (Å²) in [6, 6.07) is 3.69. The van der Waals surface area contributed by atoms with E-state index in [-0.39, 0.29) is 5.41 Å². The largest absolute Gasteiger partial charge is 0.493 e. The van der Waals surface area contributed by atoms with Gasteiger partial charge in [-0.25, -0.2) is 4.79 Å². The number of hydrogen-bond donors (Lipinski definition) is 2. The Labute approximate surface area is 143 Å². The minimum Gasteiger partial charge on any atom is -0.493 e. The molecule has 134 valence electrons. The first-order valence-corrected chi connectivity index (χ1v) is 8.21. The third-order valence-corrected chi connectivity index (χ3v) is 4.43. The van der Waals surface area contributed by atoms with Crippen LogP contribution in [0, 0.1) is 0 Å². The number of anilines is 1. The smallest absolute Gasteiger partial charge is 0.412 e. The average Bonchev–Trinajstić information content (AvgIpc) is 2.45. The lowest BCUT2D eigenvalue weighted by Crippen LogP contribution is -2.42. The van der Waals surface area contributed by atoms with Crippen molar-refractivity contribution in [2.75, 3.05) is 26.1 Å². The fraction of sp³-hybridized carbons (Fsp3) is 0.611. The number of amides is 1. The molecule has 3 N–H and O–H groups in total. The molecule has 0 aliphatic heterocycles. The van der Waals surface area contributed by atoms with Crippen LogP contribution in [-0.4, -0.2) is 32.5 Å². The highest BCUT2D eigenvalue weighted by Crippen LogP contribution is 2.48. The van der Waals surface area contributed by atoms with Crippen LogP contribution in [0.2, 0.25) is 0 Å². The van der Waals surface area contributed by atoms with Gasteiger partial charge in [-0.1, -0.05) is 6.42 Å². The van der Waals surface area contributed by atoms with Crippen LogP contribution >= 0.6 is 0 Å². The van der Waals surface area contributed by atoms with Gasteiger partial charge in [0.05, 0.1) is 19.9 Å². The van der Waals surface area contributed by atoms with Crippen molar-refractivity contribution in [2.24, 2.45) is 5.73 Å². The zero-order chi connectivity index (χ0) is 18.0. The Bertz CT molecular complexity index is 598. The van der Waals surface area contributed by atoms with Crippen LogP contribution in [0.15, 0.2) is 12.1 Å². The Balaban J connectivity index is 2.42. The van der Waals surface area contributed by atoms with Gasteiger partial charge in [-0.05, 0) is 45.2 Å². The van der Waals surface area contributed by atoms with E-state index in [9.17, 15) is 4.79 Å². The van der Waals surface area contributed by atoms with Gasteiger partial charge in [0, 0.05) is 18.0 Å². The topological polar surface area (TPSA) is 82.8 Å². The monoisotopic (exact) mass is 336 g/mol. The lowest BCUT2D eigenvalue weighted by Gasteiger charge is -2.42. The van der Waals surface area contributed by atoms with E-state index in [0.29, 0.717) is 23.7 Å². The van der Waals surface area contributed by atoms with Crippen molar-refractivity contribution in [2.45, 2.75) is 51.0 Å². The second kappa shape index (κ2) is 6.89. The van der Waals surface area contributed by atoms with Crippen molar-refractivity contribution >= 4 is 11.8 Å². The van der Waals surface area contributed by atoms with Gasteiger partial charge >= 0.3 is 6.09 Å². The number of benzene rings is 1. The van der Waals surface area contributed by atoms with Gasteiger partial charge < -0.3 is 19.9 Å². The highest BCUT2D eigenvalue weighted by atomic mass is 16.6. The maximum Gasteiger partial charge on any atom is 0.412 e. The van der Waals surface area contributed by atoms with E-state index in [1.54, 1.807) is 20.3 Å². The van der Waals surface area contributed by atoms with Crippen LogP contribution in [-0.2, 0) is 10.2 Å². The van der Waals surface area contributed by atoms with Crippen molar-refractivity contribution in [3.63, 3.8) is 0 Å². The third-order valence-electron chi connectivity index (χ3n) is 4.43. The molecule has 1 aliphatic rings. The lowest BCUT2D eigenvalue weighted by atomic mass is 9.64. The zero-order valence-corrected chi connectivity index (χ0v) is 15.2.